The first-order valence-electron chi connectivity index (χ1n) is 7.63. The lowest BCUT2D eigenvalue weighted by molar-refractivity contribution is 0.435. The van der Waals surface area contributed by atoms with Crippen molar-refractivity contribution in [3.63, 3.8) is 0 Å². The van der Waals surface area contributed by atoms with E-state index in [1.54, 1.807) is 0 Å². The van der Waals surface area contributed by atoms with E-state index in [-0.39, 0.29) is 0 Å². The summed E-state index contributed by atoms with van der Waals surface area (Å²) in [4.78, 5) is 3.35. The Bertz CT molecular complexity index is 487. The Hall–Kier alpha value is -1.28. The highest BCUT2D eigenvalue weighted by Crippen LogP contribution is 2.18. The smallest absolute Gasteiger partial charge is 0.0457 e. The molecule has 0 aliphatic carbocycles. The minimum Gasteiger partial charge on any atom is -0.361 e. The van der Waals surface area contributed by atoms with E-state index in [0.717, 1.165) is 6.54 Å². The summed E-state index contributed by atoms with van der Waals surface area (Å²) >= 11 is 0. The van der Waals surface area contributed by atoms with E-state index < -0.39 is 0 Å². The molecule has 0 radical (unpaired) electrons. The second-order valence-corrected chi connectivity index (χ2v) is 5.37. The molecule has 0 fully saturated rings. The van der Waals surface area contributed by atoms with Crippen LogP contribution in [0.5, 0.6) is 0 Å². The Morgan fingerprint density at radius 2 is 1.95 bits per heavy atom. The van der Waals surface area contributed by atoms with E-state index in [4.69, 9.17) is 0 Å². The molecule has 0 bridgehead atoms. The number of rotatable bonds is 8. The first-order chi connectivity index (χ1) is 9.35. The number of hydrogen-bond donors (Lipinski definition) is 2. The number of unbranched alkanes of at least 4 members (excludes halogenated alkanes) is 1. The number of para-hydroxylation sites is 1. The normalized spacial score (nSPS) is 12.9. The molecule has 0 saturated heterocycles. The number of nitrogens with one attached hydrogen (secondary N) is 2. The zero-order valence-electron chi connectivity index (χ0n) is 12.2. The van der Waals surface area contributed by atoms with E-state index in [1.807, 2.05) is 0 Å². The molecule has 0 saturated carbocycles. The van der Waals surface area contributed by atoms with Gasteiger partial charge in [0.15, 0.2) is 0 Å². The largest absolute Gasteiger partial charge is 0.361 e. The summed E-state index contributed by atoms with van der Waals surface area (Å²) in [5.41, 5.74) is 2.62. The van der Waals surface area contributed by atoms with Gasteiger partial charge >= 0.3 is 0 Å². The molecule has 1 unspecified atom stereocenters. The van der Waals surface area contributed by atoms with Gasteiger partial charge in [-0.3, -0.25) is 0 Å². The first kappa shape index (κ1) is 14.1. The maximum absolute atomic E-state index is 3.73. The average Bonchev–Trinajstić information content (AvgIpc) is 2.85. The van der Waals surface area contributed by atoms with Crippen LogP contribution in [0.1, 0.15) is 51.5 Å². The lowest BCUT2D eigenvalue weighted by Crippen LogP contribution is -2.28. The molecule has 104 valence electrons. The summed E-state index contributed by atoms with van der Waals surface area (Å²) < 4.78 is 0. The lowest BCUT2D eigenvalue weighted by Gasteiger charge is -2.17. The van der Waals surface area contributed by atoms with Crippen LogP contribution in [0.3, 0.4) is 0 Å². The van der Waals surface area contributed by atoms with Crippen molar-refractivity contribution in [2.24, 2.45) is 0 Å². The maximum Gasteiger partial charge on any atom is 0.0457 e. The molecule has 2 aromatic rings. The predicted octanol–water partition coefficient (Wildman–Crippen LogP) is 4.62. The van der Waals surface area contributed by atoms with Crippen molar-refractivity contribution in [2.45, 2.75) is 58.5 Å². The summed E-state index contributed by atoms with van der Waals surface area (Å²) in [6.07, 6.45) is 8.59. The van der Waals surface area contributed by atoms with Crippen molar-refractivity contribution < 1.29 is 0 Å². The lowest BCUT2D eigenvalue weighted by atomic mass is 10.0. The fourth-order valence-corrected chi connectivity index (χ4v) is 2.68. The Kier molecular flexibility index (Phi) is 5.46. The second kappa shape index (κ2) is 7.34. The van der Waals surface area contributed by atoms with Gasteiger partial charge in [-0.15, -0.1) is 0 Å². The average molecular weight is 258 g/mol. The molecule has 0 amide bonds. The zero-order valence-corrected chi connectivity index (χ0v) is 12.2. The van der Waals surface area contributed by atoms with Crippen LogP contribution in [0.4, 0.5) is 0 Å². The third kappa shape index (κ3) is 3.84. The minimum absolute atomic E-state index is 0.665. The molecule has 0 aliphatic heterocycles. The van der Waals surface area contributed by atoms with Gasteiger partial charge in [0.25, 0.3) is 0 Å². The van der Waals surface area contributed by atoms with Gasteiger partial charge in [0.2, 0.25) is 0 Å². The summed E-state index contributed by atoms with van der Waals surface area (Å²) in [6.45, 7) is 5.51. The van der Waals surface area contributed by atoms with Crippen LogP contribution < -0.4 is 5.32 Å². The quantitative estimate of drug-likeness (QED) is 0.710. The van der Waals surface area contributed by atoms with E-state index in [1.165, 1.54) is 48.6 Å². The van der Waals surface area contributed by atoms with Gasteiger partial charge in [-0.2, -0.15) is 0 Å². The van der Waals surface area contributed by atoms with Gasteiger partial charge in [0.1, 0.15) is 0 Å². The second-order valence-electron chi connectivity index (χ2n) is 5.37. The van der Waals surface area contributed by atoms with E-state index in [2.05, 4.69) is 54.6 Å². The summed E-state index contributed by atoms with van der Waals surface area (Å²) in [7, 11) is 0. The molecule has 1 aromatic carbocycles. The van der Waals surface area contributed by atoms with E-state index in [9.17, 15) is 0 Å². The van der Waals surface area contributed by atoms with Crippen molar-refractivity contribution in [3.05, 3.63) is 36.0 Å². The van der Waals surface area contributed by atoms with E-state index in [0.29, 0.717) is 6.04 Å². The van der Waals surface area contributed by atoms with Crippen molar-refractivity contribution >= 4 is 10.9 Å². The number of aromatic amines is 1. The molecule has 2 heteroatoms. The molecule has 1 aromatic heterocycles. The van der Waals surface area contributed by atoms with Crippen LogP contribution in [0.2, 0.25) is 0 Å². The molecule has 2 N–H and O–H groups in total. The molecular weight excluding hydrogens is 232 g/mol. The number of H-pyrrole nitrogens is 1. The first-order valence-corrected chi connectivity index (χ1v) is 7.63. The molecule has 0 aliphatic rings. The van der Waals surface area contributed by atoms with Gasteiger partial charge in [0, 0.05) is 29.7 Å². The van der Waals surface area contributed by atoms with Gasteiger partial charge < -0.3 is 10.3 Å². The monoisotopic (exact) mass is 258 g/mol. The Morgan fingerprint density at radius 3 is 2.74 bits per heavy atom. The highest BCUT2D eigenvalue weighted by atomic mass is 14.9. The summed E-state index contributed by atoms with van der Waals surface area (Å²) in [6, 6.07) is 9.19. The number of fused-ring (bicyclic) bond motifs is 1. The van der Waals surface area contributed by atoms with Crippen molar-refractivity contribution in [2.75, 3.05) is 0 Å². The van der Waals surface area contributed by atoms with E-state index >= 15 is 0 Å². The molecule has 1 atom stereocenters. The van der Waals surface area contributed by atoms with Crippen molar-refractivity contribution in [1.29, 1.82) is 0 Å². The zero-order chi connectivity index (χ0) is 13.5. The number of aromatic nitrogens is 1. The molecule has 19 heavy (non-hydrogen) atoms. The Balaban J connectivity index is 1.96. The third-order valence-electron chi connectivity index (χ3n) is 3.80. The predicted molar refractivity (Wildman–Crippen MR) is 83.4 cm³/mol. The topological polar surface area (TPSA) is 27.8 Å². The SMILES string of the molecule is CCCCC(CCC)NCc1c[nH]c2ccccc12. The highest BCUT2D eigenvalue weighted by Gasteiger charge is 2.08. The maximum atomic E-state index is 3.73. The van der Waals surface area contributed by atoms with Crippen LogP contribution in [0.25, 0.3) is 10.9 Å². The van der Waals surface area contributed by atoms with Crippen LogP contribution in [0, 0.1) is 0 Å². The standard InChI is InChI=1S/C17H26N2/c1-3-5-9-15(8-4-2)18-12-14-13-19-17-11-7-6-10-16(14)17/h6-7,10-11,13,15,18-19H,3-5,8-9,12H2,1-2H3. The fourth-order valence-electron chi connectivity index (χ4n) is 2.68. The van der Waals surface area contributed by atoms with Crippen molar-refractivity contribution in [3.8, 4) is 0 Å². The number of benzene rings is 1. The van der Waals surface area contributed by atoms with Gasteiger partial charge in [-0.05, 0) is 24.5 Å². The van der Waals surface area contributed by atoms with Crippen LogP contribution in [-0.2, 0) is 6.54 Å². The molecule has 0 spiro atoms. The Labute approximate surface area is 116 Å². The molecule has 1 heterocycles. The third-order valence-corrected chi connectivity index (χ3v) is 3.80. The van der Waals surface area contributed by atoms with Crippen LogP contribution >= 0.6 is 0 Å². The van der Waals surface area contributed by atoms with Gasteiger partial charge in [-0.1, -0.05) is 51.3 Å². The highest BCUT2D eigenvalue weighted by molar-refractivity contribution is 5.82. The van der Waals surface area contributed by atoms with Gasteiger partial charge in [-0.25, -0.2) is 0 Å². The summed E-state index contributed by atoms with van der Waals surface area (Å²) in [5.74, 6) is 0. The Morgan fingerprint density at radius 1 is 1.11 bits per heavy atom. The molecular formula is C17H26N2. The fraction of sp³-hybridized carbons (Fsp3) is 0.529. The minimum atomic E-state index is 0.665. The number of hydrogen-bond acceptors (Lipinski definition) is 1. The summed E-state index contributed by atoms with van der Waals surface area (Å²) in [5, 5.41) is 5.08. The van der Waals surface area contributed by atoms with Crippen LogP contribution in [0.15, 0.2) is 30.5 Å². The molecule has 2 nitrogen and oxygen atoms in total. The van der Waals surface area contributed by atoms with Crippen LogP contribution in [-0.4, -0.2) is 11.0 Å². The molecule has 2 rings (SSSR count). The van der Waals surface area contributed by atoms with Gasteiger partial charge in [0.05, 0.1) is 0 Å². The van der Waals surface area contributed by atoms with Crippen molar-refractivity contribution in [1.82, 2.24) is 10.3 Å².